The predicted octanol–water partition coefficient (Wildman–Crippen LogP) is 4.36. The molecule has 0 spiro atoms. The van der Waals surface area contributed by atoms with Crippen molar-refractivity contribution in [1.82, 2.24) is 19.9 Å². The van der Waals surface area contributed by atoms with E-state index in [9.17, 15) is 14.3 Å². The Morgan fingerprint density at radius 3 is 2.59 bits per heavy atom. The number of hydrogen-bond donors (Lipinski definition) is 4. The number of pyridine rings is 2. The number of aliphatic hydroxyl groups is 1. The van der Waals surface area contributed by atoms with E-state index in [2.05, 4.69) is 25.6 Å². The van der Waals surface area contributed by atoms with Crippen LogP contribution in [0.4, 0.5) is 21.8 Å². The Morgan fingerprint density at radius 1 is 1.09 bits per heavy atom. The number of aromatic nitrogens is 4. The lowest BCUT2D eigenvalue weighted by Crippen LogP contribution is -2.15. The third kappa shape index (κ3) is 4.74. The van der Waals surface area contributed by atoms with Gasteiger partial charge in [0.15, 0.2) is 0 Å². The molecular weight excluding hydrogens is 435 g/mol. The van der Waals surface area contributed by atoms with Crippen molar-refractivity contribution in [2.75, 3.05) is 10.6 Å². The number of aliphatic hydroxyl groups excluding tert-OH is 1. The van der Waals surface area contributed by atoms with Gasteiger partial charge < -0.3 is 20.7 Å². The summed E-state index contributed by atoms with van der Waals surface area (Å²) < 4.78 is 13.1. The minimum absolute atomic E-state index is 0.259. The third-order valence-electron chi connectivity index (χ3n) is 6.14. The highest BCUT2D eigenvalue weighted by molar-refractivity contribution is 5.80. The predicted molar refractivity (Wildman–Crippen MR) is 129 cm³/mol. The van der Waals surface area contributed by atoms with E-state index < -0.39 is 0 Å². The van der Waals surface area contributed by atoms with Crippen LogP contribution in [-0.2, 0) is 13.2 Å². The molecule has 3 heterocycles. The fourth-order valence-corrected chi connectivity index (χ4v) is 4.33. The second-order valence-electron chi connectivity index (χ2n) is 8.50. The summed E-state index contributed by atoms with van der Waals surface area (Å²) in [5.41, 5.74) is 3.06. The standard InChI is InChI=1S/C25H25FN6O2/c26-18-7-5-15(6-8-18)12-27-19-9-10-21(28-13-19)29-25-30-22(16-3-1-2-4-16)20-11-17(14-33)24(34)31-23(20)32-25/h5-11,13,16,27,33H,1-4,12,14H2,(H2,28,29,30,31,32,34). The van der Waals surface area contributed by atoms with Gasteiger partial charge in [-0.05, 0) is 48.7 Å². The molecule has 34 heavy (non-hydrogen) atoms. The number of rotatable bonds is 7. The van der Waals surface area contributed by atoms with E-state index >= 15 is 0 Å². The van der Waals surface area contributed by atoms with Crippen LogP contribution >= 0.6 is 0 Å². The minimum atomic E-state index is -0.355. The summed E-state index contributed by atoms with van der Waals surface area (Å²) in [5.74, 6) is 0.958. The topological polar surface area (TPSA) is 116 Å². The van der Waals surface area contributed by atoms with Crippen LogP contribution in [0.5, 0.6) is 0 Å². The first-order valence-corrected chi connectivity index (χ1v) is 11.3. The second kappa shape index (κ2) is 9.56. The maximum absolute atomic E-state index is 13.1. The SMILES string of the molecule is O=c1[nH]c2nc(Nc3ccc(NCc4ccc(F)cc4)cn3)nc(C3CCCC3)c2cc1CO. The normalized spacial score (nSPS) is 13.9. The van der Waals surface area contributed by atoms with E-state index in [0.29, 0.717) is 29.5 Å². The summed E-state index contributed by atoms with van der Waals surface area (Å²) in [6.45, 7) is 0.220. The fraction of sp³-hybridized carbons (Fsp3) is 0.280. The first-order chi connectivity index (χ1) is 16.6. The molecule has 0 saturated heterocycles. The maximum Gasteiger partial charge on any atom is 0.255 e. The summed E-state index contributed by atoms with van der Waals surface area (Å²) in [5, 5.41) is 16.7. The van der Waals surface area contributed by atoms with Crippen molar-refractivity contribution in [3.05, 3.63) is 81.7 Å². The van der Waals surface area contributed by atoms with E-state index in [0.717, 1.165) is 48.0 Å². The van der Waals surface area contributed by atoms with E-state index in [4.69, 9.17) is 4.98 Å². The first-order valence-electron chi connectivity index (χ1n) is 11.3. The van der Waals surface area contributed by atoms with Crippen molar-refractivity contribution in [2.45, 2.75) is 44.8 Å². The molecule has 0 amide bonds. The van der Waals surface area contributed by atoms with Crippen LogP contribution in [0.1, 0.15) is 48.4 Å². The molecule has 1 saturated carbocycles. The van der Waals surface area contributed by atoms with Gasteiger partial charge in [0.25, 0.3) is 5.56 Å². The van der Waals surface area contributed by atoms with Crippen molar-refractivity contribution in [2.24, 2.45) is 0 Å². The van der Waals surface area contributed by atoms with Gasteiger partial charge in [-0.2, -0.15) is 4.98 Å². The number of benzene rings is 1. The monoisotopic (exact) mass is 460 g/mol. The Kier molecular flexibility index (Phi) is 6.18. The molecule has 1 aromatic carbocycles. The molecule has 1 fully saturated rings. The molecule has 0 radical (unpaired) electrons. The van der Waals surface area contributed by atoms with Gasteiger partial charge >= 0.3 is 0 Å². The number of nitrogens with one attached hydrogen (secondary N) is 3. The van der Waals surface area contributed by atoms with E-state index in [1.165, 1.54) is 12.1 Å². The van der Waals surface area contributed by atoms with Crippen LogP contribution in [0.25, 0.3) is 11.0 Å². The molecule has 1 aliphatic rings. The quantitative estimate of drug-likeness (QED) is 0.324. The molecule has 4 N–H and O–H groups in total. The van der Waals surface area contributed by atoms with Crippen molar-refractivity contribution >= 4 is 28.5 Å². The summed E-state index contributed by atoms with van der Waals surface area (Å²) in [7, 11) is 0. The van der Waals surface area contributed by atoms with Gasteiger partial charge in [-0.3, -0.25) is 4.79 Å². The van der Waals surface area contributed by atoms with Crippen LogP contribution < -0.4 is 16.2 Å². The number of hydrogen-bond acceptors (Lipinski definition) is 7. The summed E-state index contributed by atoms with van der Waals surface area (Å²) in [6, 6.07) is 11.7. The molecular formula is C25H25FN6O2. The average Bonchev–Trinajstić information content (AvgIpc) is 3.39. The smallest absolute Gasteiger partial charge is 0.255 e. The number of aromatic amines is 1. The van der Waals surface area contributed by atoms with Crippen LogP contribution in [-0.4, -0.2) is 25.0 Å². The molecule has 8 nitrogen and oxygen atoms in total. The maximum atomic E-state index is 13.1. The zero-order chi connectivity index (χ0) is 23.5. The average molecular weight is 461 g/mol. The summed E-state index contributed by atoms with van der Waals surface area (Å²) >= 11 is 0. The number of H-pyrrole nitrogens is 1. The molecule has 0 unspecified atom stereocenters. The van der Waals surface area contributed by atoms with Crippen molar-refractivity contribution in [1.29, 1.82) is 0 Å². The van der Waals surface area contributed by atoms with E-state index in [-0.39, 0.29) is 23.9 Å². The summed E-state index contributed by atoms with van der Waals surface area (Å²) in [6.07, 6.45) is 6.05. The van der Waals surface area contributed by atoms with Gasteiger partial charge in [-0.25, -0.2) is 14.4 Å². The Hall–Kier alpha value is -3.85. The first kappa shape index (κ1) is 22.0. The Bertz CT molecular complexity index is 1350. The molecule has 5 rings (SSSR count). The lowest BCUT2D eigenvalue weighted by atomic mass is 10.00. The largest absolute Gasteiger partial charge is 0.391 e. The van der Waals surface area contributed by atoms with Gasteiger partial charge in [0.1, 0.15) is 17.3 Å². The Labute approximate surface area is 195 Å². The fourth-order valence-electron chi connectivity index (χ4n) is 4.33. The molecule has 3 aromatic heterocycles. The third-order valence-corrected chi connectivity index (χ3v) is 6.14. The van der Waals surface area contributed by atoms with Crippen LogP contribution in [0.2, 0.25) is 0 Å². The highest BCUT2D eigenvalue weighted by atomic mass is 19.1. The number of nitrogens with zero attached hydrogens (tertiary/aromatic N) is 3. The van der Waals surface area contributed by atoms with Crippen molar-refractivity contribution in [3.63, 3.8) is 0 Å². The molecule has 0 atom stereocenters. The Balaban J connectivity index is 1.37. The number of fused-ring (bicyclic) bond motifs is 1. The van der Waals surface area contributed by atoms with Crippen molar-refractivity contribution < 1.29 is 9.50 Å². The summed E-state index contributed by atoms with van der Waals surface area (Å²) in [4.78, 5) is 28.7. The Morgan fingerprint density at radius 2 is 1.88 bits per heavy atom. The van der Waals surface area contributed by atoms with Crippen molar-refractivity contribution in [3.8, 4) is 0 Å². The minimum Gasteiger partial charge on any atom is -0.391 e. The van der Waals surface area contributed by atoms with Crippen LogP contribution in [0.15, 0.2) is 53.5 Å². The number of anilines is 3. The van der Waals surface area contributed by atoms with E-state index in [1.54, 1.807) is 24.4 Å². The van der Waals surface area contributed by atoms with Crippen LogP contribution in [0.3, 0.4) is 0 Å². The molecule has 174 valence electrons. The van der Waals surface area contributed by atoms with Gasteiger partial charge in [0.2, 0.25) is 5.95 Å². The lowest BCUT2D eigenvalue weighted by molar-refractivity contribution is 0.280. The van der Waals surface area contributed by atoms with Gasteiger partial charge in [0.05, 0.1) is 24.2 Å². The molecule has 9 heteroatoms. The second-order valence-corrected chi connectivity index (χ2v) is 8.50. The zero-order valence-corrected chi connectivity index (χ0v) is 18.5. The number of halogens is 1. The molecule has 1 aliphatic carbocycles. The van der Waals surface area contributed by atoms with E-state index in [1.807, 2.05) is 12.1 Å². The lowest BCUT2D eigenvalue weighted by Gasteiger charge is -2.15. The van der Waals surface area contributed by atoms with Gasteiger partial charge in [-0.15, -0.1) is 0 Å². The van der Waals surface area contributed by atoms with Gasteiger partial charge in [0, 0.05) is 23.4 Å². The highest BCUT2D eigenvalue weighted by Crippen LogP contribution is 2.36. The molecule has 0 aliphatic heterocycles. The van der Waals surface area contributed by atoms with Gasteiger partial charge in [-0.1, -0.05) is 25.0 Å². The molecule has 0 bridgehead atoms. The zero-order valence-electron chi connectivity index (χ0n) is 18.5. The van der Waals surface area contributed by atoms with Crippen LogP contribution in [0, 0.1) is 5.82 Å². The highest BCUT2D eigenvalue weighted by Gasteiger charge is 2.23. The molecule has 4 aromatic rings.